The van der Waals surface area contributed by atoms with Gasteiger partial charge in [0.15, 0.2) is 6.29 Å². The van der Waals surface area contributed by atoms with Crippen LogP contribution in [-0.2, 0) is 17.8 Å². The standard InChI is InChI=1S/C8H7BrO2S/c9-8-5-4-11-2-1-6(5)12-7(8)3-10/h3H,1-2,4H2. The monoisotopic (exact) mass is 246 g/mol. The first-order chi connectivity index (χ1) is 5.83. The van der Waals surface area contributed by atoms with E-state index in [2.05, 4.69) is 15.9 Å². The van der Waals surface area contributed by atoms with E-state index in [1.54, 1.807) is 11.3 Å². The van der Waals surface area contributed by atoms with Crippen molar-refractivity contribution >= 4 is 33.6 Å². The van der Waals surface area contributed by atoms with Crippen LogP contribution in [0.5, 0.6) is 0 Å². The molecule has 0 spiro atoms. The summed E-state index contributed by atoms with van der Waals surface area (Å²) < 4.78 is 6.22. The quantitative estimate of drug-likeness (QED) is 0.712. The average molecular weight is 247 g/mol. The van der Waals surface area contributed by atoms with Crippen LogP contribution in [-0.4, -0.2) is 12.9 Å². The fourth-order valence-corrected chi connectivity index (χ4v) is 3.09. The predicted octanol–water partition coefficient (Wildman–Crippen LogP) is 2.40. The third-order valence-electron chi connectivity index (χ3n) is 1.88. The Kier molecular flexibility index (Phi) is 2.30. The summed E-state index contributed by atoms with van der Waals surface area (Å²) in [5.41, 5.74) is 1.16. The van der Waals surface area contributed by atoms with Crippen LogP contribution in [0, 0.1) is 0 Å². The minimum absolute atomic E-state index is 0.639. The third-order valence-corrected chi connectivity index (χ3v) is 4.26. The Labute approximate surface area is 82.7 Å². The van der Waals surface area contributed by atoms with E-state index in [9.17, 15) is 4.79 Å². The van der Waals surface area contributed by atoms with Gasteiger partial charge >= 0.3 is 0 Å². The lowest BCUT2D eigenvalue weighted by atomic mass is 10.2. The van der Waals surface area contributed by atoms with E-state index in [4.69, 9.17) is 4.74 Å². The van der Waals surface area contributed by atoms with Crippen LogP contribution >= 0.6 is 27.3 Å². The van der Waals surface area contributed by atoms with Crippen LogP contribution < -0.4 is 0 Å². The highest BCUT2D eigenvalue weighted by molar-refractivity contribution is 9.10. The number of hydrogen-bond acceptors (Lipinski definition) is 3. The van der Waals surface area contributed by atoms with E-state index in [1.807, 2.05) is 0 Å². The van der Waals surface area contributed by atoms with Crippen LogP contribution in [0.4, 0.5) is 0 Å². The Morgan fingerprint density at radius 2 is 2.42 bits per heavy atom. The molecule has 0 bridgehead atoms. The van der Waals surface area contributed by atoms with E-state index in [0.717, 1.165) is 34.2 Å². The van der Waals surface area contributed by atoms with Gasteiger partial charge in [0.05, 0.1) is 18.1 Å². The second kappa shape index (κ2) is 3.28. The SMILES string of the molecule is O=Cc1sc2c(c1Br)COCC2. The molecule has 0 N–H and O–H groups in total. The molecule has 0 aromatic carbocycles. The third kappa shape index (κ3) is 1.24. The van der Waals surface area contributed by atoms with Crippen molar-refractivity contribution in [2.75, 3.05) is 6.61 Å². The Hall–Kier alpha value is -0.190. The maximum absolute atomic E-state index is 10.6. The summed E-state index contributed by atoms with van der Waals surface area (Å²) in [6, 6.07) is 0. The summed E-state index contributed by atoms with van der Waals surface area (Å²) in [5, 5.41) is 0. The molecule has 0 amide bonds. The molecule has 1 aromatic rings. The lowest BCUT2D eigenvalue weighted by molar-refractivity contribution is 0.111. The van der Waals surface area contributed by atoms with Crippen LogP contribution in [0.25, 0.3) is 0 Å². The lowest BCUT2D eigenvalue weighted by Crippen LogP contribution is -2.06. The molecule has 0 saturated carbocycles. The molecule has 2 nitrogen and oxygen atoms in total. The number of thiophene rings is 1. The van der Waals surface area contributed by atoms with Crippen molar-refractivity contribution in [3.8, 4) is 0 Å². The summed E-state index contributed by atoms with van der Waals surface area (Å²) in [6.07, 6.45) is 1.83. The van der Waals surface area contributed by atoms with Crippen molar-refractivity contribution in [3.63, 3.8) is 0 Å². The highest BCUT2D eigenvalue weighted by Gasteiger charge is 2.18. The van der Waals surface area contributed by atoms with Crippen LogP contribution in [0.3, 0.4) is 0 Å². The van der Waals surface area contributed by atoms with Gasteiger partial charge in [0.2, 0.25) is 0 Å². The summed E-state index contributed by atoms with van der Waals surface area (Å²) in [6.45, 7) is 1.42. The number of rotatable bonds is 1. The Bertz CT molecular complexity index is 319. The molecule has 0 atom stereocenters. The number of aldehydes is 1. The molecule has 1 aliphatic heterocycles. The lowest BCUT2D eigenvalue weighted by Gasteiger charge is -2.11. The number of ether oxygens (including phenoxy) is 1. The summed E-state index contributed by atoms with van der Waals surface area (Å²) >= 11 is 4.96. The average Bonchev–Trinajstić information content (AvgIpc) is 2.44. The molecule has 4 heteroatoms. The minimum Gasteiger partial charge on any atom is -0.376 e. The zero-order valence-electron chi connectivity index (χ0n) is 6.30. The first-order valence-corrected chi connectivity index (χ1v) is 5.27. The second-order valence-electron chi connectivity index (χ2n) is 2.60. The molecule has 0 saturated heterocycles. The molecule has 0 aliphatic carbocycles. The Morgan fingerprint density at radius 1 is 1.58 bits per heavy atom. The largest absolute Gasteiger partial charge is 0.376 e. The summed E-state index contributed by atoms with van der Waals surface area (Å²) in [4.78, 5) is 12.7. The van der Waals surface area contributed by atoms with Gasteiger partial charge in [-0.25, -0.2) is 0 Å². The molecule has 2 heterocycles. The van der Waals surface area contributed by atoms with Gasteiger partial charge in [-0.3, -0.25) is 4.79 Å². The summed E-state index contributed by atoms with van der Waals surface area (Å²) in [7, 11) is 0. The fraction of sp³-hybridized carbons (Fsp3) is 0.375. The van der Waals surface area contributed by atoms with Gasteiger partial charge in [-0.15, -0.1) is 11.3 Å². The highest BCUT2D eigenvalue weighted by Crippen LogP contribution is 2.34. The summed E-state index contributed by atoms with van der Waals surface area (Å²) in [5.74, 6) is 0. The molecule has 2 rings (SSSR count). The molecule has 64 valence electrons. The van der Waals surface area contributed by atoms with Crippen molar-refractivity contribution in [3.05, 3.63) is 19.8 Å². The van der Waals surface area contributed by atoms with Gasteiger partial charge in [0.1, 0.15) is 0 Å². The van der Waals surface area contributed by atoms with Crippen molar-refractivity contribution in [2.45, 2.75) is 13.0 Å². The molecule has 1 aromatic heterocycles. The fourth-order valence-electron chi connectivity index (χ4n) is 1.27. The molecule has 0 unspecified atom stereocenters. The predicted molar refractivity (Wildman–Crippen MR) is 50.8 cm³/mol. The highest BCUT2D eigenvalue weighted by atomic mass is 79.9. The van der Waals surface area contributed by atoms with Crippen LogP contribution in [0.1, 0.15) is 20.1 Å². The number of carbonyl (C=O) groups excluding carboxylic acids is 1. The van der Waals surface area contributed by atoms with Gasteiger partial charge in [-0.1, -0.05) is 0 Å². The van der Waals surface area contributed by atoms with Gasteiger partial charge in [-0.2, -0.15) is 0 Å². The van der Waals surface area contributed by atoms with E-state index in [1.165, 1.54) is 4.88 Å². The zero-order chi connectivity index (χ0) is 8.55. The number of fused-ring (bicyclic) bond motifs is 1. The van der Waals surface area contributed by atoms with Crippen molar-refractivity contribution < 1.29 is 9.53 Å². The van der Waals surface area contributed by atoms with Crippen molar-refractivity contribution in [2.24, 2.45) is 0 Å². The first kappa shape index (κ1) is 8.41. The number of carbonyl (C=O) groups is 1. The molecule has 1 aliphatic rings. The minimum atomic E-state index is 0.639. The van der Waals surface area contributed by atoms with Crippen LogP contribution in [0.2, 0.25) is 0 Å². The molecule has 0 radical (unpaired) electrons. The number of hydrogen-bond donors (Lipinski definition) is 0. The van der Waals surface area contributed by atoms with Gasteiger partial charge in [0, 0.05) is 21.3 Å². The van der Waals surface area contributed by atoms with E-state index < -0.39 is 0 Å². The van der Waals surface area contributed by atoms with Crippen molar-refractivity contribution in [1.29, 1.82) is 0 Å². The molecular formula is C8H7BrO2S. The molecule has 0 fully saturated rings. The smallest absolute Gasteiger partial charge is 0.161 e. The van der Waals surface area contributed by atoms with Gasteiger partial charge in [0.25, 0.3) is 0 Å². The first-order valence-electron chi connectivity index (χ1n) is 3.66. The molecule has 12 heavy (non-hydrogen) atoms. The maximum atomic E-state index is 10.6. The van der Waals surface area contributed by atoms with Crippen molar-refractivity contribution in [1.82, 2.24) is 0 Å². The van der Waals surface area contributed by atoms with E-state index in [-0.39, 0.29) is 0 Å². The van der Waals surface area contributed by atoms with Crippen LogP contribution in [0.15, 0.2) is 4.47 Å². The van der Waals surface area contributed by atoms with E-state index >= 15 is 0 Å². The Balaban J connectivity index is 2.51. The topological polar surface area (TPSA) is 26.3 Å². The van der Waals surface area contributed by atoms with Gasteiger partial charge < -0.3 is 4.74 Å². The number of halogens is 1. The van der Waals surface area contributed by atoms with Gasteiger partial charge in [-0.05, 0) is 15.9 Å². The normalized spacial score (nSPS) is 15.8. The molecular weight excluding hydrogens is 240 g/mol. The zero-order valence-corrected chi connectivity index (χ0v) is 8.70. The maximum Gasteiger partial charge on any atom is 0.161 e. The Morgan fingerprint density at radius 3 is 3.08 bits per heavy atom. The van der Waals surface area contributed by atoms with E-state index in [0.29, 0.717) is 6.61 Å². The second-order valence-corrected chi connectivity index (χ2v) is 4.53.